The van der Waals surface area contributed by atoms with Crippen LogP contribution >= 0.6 is 0 Å². The first kappa shape index (κ1) is 32.7. The van der Waals surface area contributed by atoms with E-state index in [0.717, 1.165) is 66.1 Å². The molecular formula is C56H34N2. The zero-order valence-corrected chi connectivity index (χ0v) is 32.6. The van der Waals surface area contributed by atoms with Crippen LogP contribution in [-0.4, -0.2) is 0 Å². The van der Waals surface area contributed by atoms with Crippen molar-refractivity contribution in [2.45, 2.75) is 27.7 Å². The minimum Gasteiger partial charge on any atom is -0.238 e. The van der Waals surface area contributed by atoms with Gasteiger partial charge in [0.2, 0.25) is 0 Å². The number of hydrogen-bond donors (Lipinski definition) is 0. The van der Waals surface area contributed by atoms with Crippen LogP contribution in [0, 0.1) is 45.6 Å². The molecule has 2 nitrogen and oxygen atoms in total. The van der Waals surface area contributed by atoms with Crippen molar-refractivity contribution in [1.29, 1.82) is 5.26 Å². The third-order valence-electron chi connectivity index (χ3n) is 13.4. The Morgan fingerprint density at radius 3 is 1.53 bits per heavy atom. The van der Waals surface area contributed by atoms with Gasteiger partial charge in [-0.2, -0.15) is 5.26 Å². The molecule has 0 radical (unpaired) electrons. The molecule has 0 N–H and O–H groups in total. The first-order valence-corrected chi connectivity index (χ1v) is 19.9. The second-order valence-electron chi connectivity index (χ2n) is 16.4. The lowest BCUT2D eigenvalue weighted by molar-refractivity contribution is 1.32. The van der Waals surface area contributed by atoms with Gasteiger partial charge in [0.05, 0.1) is 18.2 Å². The summed E-state index contributed by atoms with van der Waals surface area (Å²) in [4.78, 5) is 4.13. The molecule has 0 heterocycles. The zero-order valence-electron chi connectivity index (χ0n) is 32.6. The fraction of sp³-hybridized carbons (Fsp3) is 0.0714. The number of aryl methyl sites for hydroxylation is 4. The molecule has 0 aromatic heterocycles. The van der Waals surface area contributed by atoms with Crippen molar-refractivity contribution in [2.24, 2.45) is 0 Å². The van der Waals surface area contributed by atoms with Crippen LogP contribution in [-0.2, 0) is 0 Å². The van der Waals surface area contributed by atoms with Gasteiger partial charge in [-0.1, -0.05) is 108 Å². The summed E-state index contributed by atoms with van der Waals surface area (Å²) >= 11 is 0. The van der Waals surface area contributed by atoms with Crippen LogP contribution in [0.25, 0.3) is 125 Å². The Kier molecular flexibility index (Phi) is 6.49. The molecule has 0 saturated carbocycles. The quantitative estimate of drug-likeness (QED) is 0.128. The van der Waals surface area contributed by atoms with Crippen molar-refractivity contribution >= 4 is 59.5 Å². The van der Waals surface area contributed by atoms with Crippen LogP contribution in [0.2, 0.25) is 0 Å². The zero-order chi connectivity index (χ0) is 39.1. The van der Waals surface area contributed by atoms with Gasteiger partial charge in [0.15, 0.2) is 5.69 Å². The van der Waals surface area contributed by atoms with Crippen molar-refractivity contribution in [1.82, 2.24) is 0 Å². The second-order valence-corrected chi connectivity index (χ2v) is 16.4. The molecule has 10 aromatic carbocycles. The Labute approximate surface area is 336 Å². The topological polar surface area (TPSA) is 28.1 Å². The standard InChI is InChI=1S/C56H34N2/c1-29-20-35(28-57)42(21-30(29)2)55-40-19-18-36-43(47(40)27-51-39-16-8-12-34-13-9-17-41(54(34)39)56(51)55)25-49(50-22-31(3)32(4)23-52(50)58-5)48-26-46-38-15-7-11-33-10-6-14-37(53(33)38)45(46)24-44(36)48/h6-27H,1-4H3. The van der Waals surface area contributed by atoms with Crippen molar-refractivity contribution in [3.05, 3.63) is 173 Å². The van der Waals surface area contributed by atoms with Crippen molar-refractivity contribution in [3.63, 3.8) is 0 Å². The average Bonchev–Trinajstić information content (AvgIpc) is 3.74. The fourth-order valence-corrected chi connectivity index (χ4v) is 10.4. The highest BCUT2D eigenvalue weighted by molar-refractivity contribution is 6.30. The van der Waals surface area contributed by atoms with E-state index in [0.29, 0.717) is 11.3 Å². The van der Waals surface area contributed by atoms with E-state index >= 15 is 0 Å². The monoisotopic (exact) mass is 734 g/mol. The molecule has 0 amide bonds. The van der Waals surface area contributed by atoms with Gasteiger partial charge >= 0.3 is 0 Å². The minimum absolute atomic E-state index is 0.660. The summed E-state index contributed by atoms with van der Waals surface area (Å²) in [6.45, 7) is 16.8. The summed E-state index contributed by atoms with van der Waals surface area (Å²) in [5, 5.41) is 22.6. The molecule has 0 saturated heterocycles. The number of nitrogens with zero attached hydrogens (tertiary/aromatic N) is 2. The van der Waals surface area contributed by atoms with E-state index in [9.17, 15) is 5.26 Å². The number of benzene rings is 10. The molecule has 0 unspecified atom stereocenters. The largest absolute Gasteiger partial charge is 0.238 e. The summed E-state index contributed by atoms with van der Waals surface area (Å²) in [6.07, 6.45) is 0. The first-order valence-electron chi connectivity index (χ1n) is 19.9. The molecule has 0 fully saturated rings. The Morgan fingerprint density at radius 2 is 0.879 bits per heavy atom. The van der Waals surface area contributed by atoms with Gasteiger partial charge in [-0.05, 0) is 190 Å². The van der Waals surface area contributed by atoms with Crippen molar-refractivity contribution in [3.8, 4) is 72.8 Å². The number of fused-ring (bicyclic) bond motifs is 11. The van der Waals surface area contributed by atoms with Crippen LogP contribution < -0.4 is 0 Å². The van der Waals surface area contributed by atoms with Gasteiger partial charge < -0.3 is 0 Å². The molecule has 58 heavy (non-hydrogen) atoms. The van der Waals surface area contributed by atoms with E-state index in [1.807, 2.05) is 6.07 Å². The molecule has 0 atom stereocenters. The molecule has 2 heteroatoms. The van der Waals surface area contributed by atoms with Crippen molar-refractivity contribution < 1.29 is 0 Å². The Morgan fingerprint density at radius 1 is 0.397 bits per heavy atom. The fourth-order valence-electron chi connectivity index (χ4n) is 10.4. The third-order valence-corrected chi connectivity index (χ3v) is 13.4. The minimum atomic E-state index is 0.660. The summed E-state index contributed by atoms with van der Waals surface area (Å²) in [7, 11) is 0. The highest BCUT2D eigenvalue weighted by atomic mass is 14.6. The summed E-state index contributed by atoms with van der Waals surface area (Å²) in [5.74, 6) is 0. The van der Waals surface area contributed by atoms with E-state index in [1.54, 1.807) is 0 Å². The molecule has 2 aliphatic rings. The maximum Gasteiger partial charge on any atom is 0.195 e. The Balaban J connectivity index is 1.29. The van der Waals surface area contributed by atoms with E-state index in [2.05, 4.69) is 166 Å². The summed E-state index contributed by atoms with van der Waals surface area (Å²) in [6, 6.07) is 51.8. The van der Waals surface area contributed by atoms with E-state index in [1.165, 1.54) is 76.8 Å². The third kappa shape index (κ3) is 4.19. The van der Waals surface area contributed by atoms with Crippen LogP contribution in [0.15, 0.2) is 133 Å². The van der Waals surface area contributed by atoms with Gasteiger partial charge in [0.1, 0.15) is 0 Å². The molecule has 2 aliphatic carbocycles. The highest BCUT2D eigenvalue weighted by Gasteiger charge is 2.29. The summed E-state index contributed by atoms with van der Waals surface area (Å²) in [5.41, 5.74) is 19.8. The molecule has 12 rings (SSSR count). The number of rotatable bonds is 2. The van der Waals surface area contributed by atoms with Crippen molar-refractivity contribution in [2.75, 3.05) is 0 Å². The van der Waals surface area contributed by atoms with Gasteiger partial charge in [-0.25, -0.2) is 4.85 Å². The first-order chi connectivity index (χ1) is 28.3. The number of hydrogen-bond acceptors (Lipinski definition) is 1. The van der Waals surface area contributed by atoms with Gasteiger partial charge in [0.25, 0.3) is 0 Å². The molecule has 0 spiro atoms. The van der Waals surface area contributed by atoms with Crippen LogP contribution in [0.3, 0.4) is 0 Å². The normalized spacial score (nSPS) is 12.1. The smallest absolute Gasteiger partial charge is 0.195 e. The Hall–Kier alpha value is -7.52. The van der Waals surface area contributed by atoms with Crippen LogP contribution in [0.5, 0.6) is 0 Å². The van der Waals surface area contributed by atoms with E-state index in [4.69, 9.17) is 6.57 Å². The van der Waals surface area contributed by atoms with Gasteiger partial charge in [-0.15, -0.1) is 0 Å². The molecule has 0 bridgehead atoms. The number of nitriles is 1. The molecular weight excluding hydrogens is 701 g/mol. The molecule has 10 aromatic rings. The SMILES string of the molecule is [C-]#[N+]c1cc(C)c(C)cc1-c1cc2c3cc4c(c(-c5cc(C)c(C)cc5C#N)c3ccc2c2cc3c(cc12)-c1cccc2cccc-3c12)-c1cccc2cccc-4c12. The van der Waals surface area contributed by atoms with Crippen LogP contribution in [0.4, 0.5) is 5.69 Å². The van der Waals surface area contributed by atoms with Crippen LogP contribution in [0.1, 0.15) is 27.8 Å². The predicted octanol–water partition coefficient (Wildman–Crippen LogP) is 15.7. The summed E-state index contributed by atoms with van der Waals surface area (Å²) < 4.78 is 0. The molecule has 268 valence electrons. The van der Waals surface area contributed by atoms with E-state index < -0.39 is 0 Å². The second kappa shape index (κ2) is 11.5. The lowest BCUT2D eigenvalue weighted by Gasteiger charge is -2.20. The Bertz CT molecular complexity index is 3670. The van der Waals surface area contributed by atoms with E-state index in [-0.39, 0.29) is 0 Å². The predicted molar refractivity (Wildman–Crippen MR) is 244 cm³/mol. The average molecular weight is 735 g/mol. The maximum atomic E-state index is 10.7. The highest BCUT2D eigenvalue weighted by Crippen LogP contribution is 2.56. The lowest BCUT2D eigenvalue weighted by Crippen LogP contribution is -1.95. The van der Waals surface area contributed by atoms with Gasteiger partial charge in [0, 0.05) is 5.56 Å². The molecule has 0 aliphatic heterocycles. The van der Waals surface area contributed by atoms with Gasteiger partial charge in [-0.3, -0.25) is 0 Å². The lowest BCUT2D eigenvalue weighted by atomic mass is 9.82. The maximum absolute atomic E-state index is 10.7.